The van der Waals surface area contributed by atoms with E-state index in [1.807, 2.05) is 31.2 Å². The van der Waals surface area contributed by atoms with Crippen molar-refractivity contribution in [3.63, 3.8) is 0 Å². The number of rotatable bonds is 6. The molecule has 0 radical (unpaired) electrons. The van der Waals surface area contributed by atoms with Gasteiger partial charge in [-0.05, 0) is 12.5 Å². The molecule has 0 aliphatic heterocycles. The van der Waals surface area contributed by atoms with E-state index in [0.29, 0.717) is 13.1 Å². The first-order valence-corrected chi connectivity index (χ1v) is 7.93. The Morgan fingerprint density at radius 2 is 1.84 bits per heavy atom. The van der Waals surface area contributed by atoms with E-state index in [1.165, 1.54) is 6.92 Å². The van der Waals surface area contributed by atoms with Gasteiger partial charge < -0.3 is 4.90 Å². The number of carbonyl (C=O) groups excluding carboxylic acids is 1. The van der Waals surface area contributed by atoms with Crippen molar-refractivity contribution in [1.29, 1.82) is 0 Å². The van der Waals surface area contributed by atoms with Gasteiger partial charge in [0.2, 0.25) is 15.9 Å². The van der Waals surface area contributed by atoms with Gasteiger partial charge in [0.15, 0.2) is 0 Å². The zero-order chi connectivity index (χ0) is 14.5. The Kier molecular flexibility index (Phi) is 5.50. The summed E-state index contributed by atoms with van der Waals surface area (Å²) in [5.74, 6) is -0.0733. The van der Waals surface area contributed by atoms with Crippen molar-refractivity contribution in [1.82, 2.24) is 9.62 Å². The van der Waals surface area contributed by atoms with Crippen LogP contribution in [0.15, 0.2) is 24.3 Å². The average molecular weight is 284 g/mol. The molecule has 1 amide bonds. The quantitative estimate of drug-likeness (QED) is 0.843. The minimum Gasteiger partial charge on any atom is -0.337 e. The minimum atomic E-state index is -3.21. The third kappa shape index (κ3) is 6.35. The largest absolute Gasteiger partial charge is 0.337 e. The van der Waals surface area contributed by atoms with Crippen molar-refractivity contribution in [2.45, 2.75) is 20.4 Å². The molecule has 0 saturated carbocycles. The molecule has 106 valence electrons. The van der Waals surface area contributed by atoms with Gasteiger partial charge in [-0.2, -0.15) is 0 Å². The topological polar surface area (TPSA) is 66.5 Å². The predicted octanol–water partition coefficient (Wildman–Crippen LogP) is 0.893. The summed E-state index contributed by atoms with van der Waals surface area (Å²) in [6.07, 6.45) is 1.10. The van der Waals surface area contributed by atoms with Crippen LogP contribution in [0.1, 0.15) is 18.1 Å². The highest BCUT2D eigenvalue weighted by Crippen LogP contribution is 2.07. The van der Waals surface area contributed by atoms with E-state index in [-0.39, 0.29) is 12.5 Å². The fourth-order valence-corrected chi connectivity index (χ4v) is 2.09. The zero-order valence-electron chi connectivity index (χ0n) is 11.5. The van der Waals surface area contributed by atoms with Crippen LogP contribution < -0.4 is 4.72 Å². The Hall–Kier alpha value is -1.40. The van der Waals surface area contributed by atoms with Gasteiger partial charge in [0, 0.05) is 26.6 Å². The molecule has 0 aliphatic carbocycles. The predicted molar refractivity (Wildman–Crippen MR) is 75.1 cm³/mol. The lowest BCUT2D eigenvalue weighted by Crippen LogP contribution is -2.36. The first-order valence-electron chi connectivity index (χ1n) is 6.03. The van der Waals surface area contributed by atoms with Crippen LogP contribution >= 0.6 is 0 Å². The summed E-state index contributed by atoms with van der Waals surface area (Å²) < 4.78 is 24.3. The minimum absolute atomic E-state index is 0.0733. The van der Waals surface area contributed by atoms with Crippen LogP contribution in [0.3, 0.4) is 0 Å². The summed E-state index contributed by atoms with van der Waals surface area (Å²) >= 11 is 0. The van der Waals surface area contributed by atoms with Gasteiger partial charge in [0.1, 0.15) is 0 Å². The van der Waals surface area contributed by atoms with Crippen molar-refractivity contribution in [2.24, 2.45) is 0 Å². The van der Waals surface area contributed by atoms with Crippen LogP contribution in [0.2, 0.25) is 0 Å². The fraction of sp³-hybridized carbons (Fsp3) is 0.462. The molecule has 0 aliphatic rings. The fourth-order valence-electron chi connectivity index (χ4n) is 1.63. The number of sulfonamides is 1. The number of benzene rings is 1. The smallest absolute Gasteiger partial charge is 0.219 e. The maximum absolute atomic E-state index is 11.5. The van der Waals surface area contributed by atoms with Crippen LogP contribution in [0.25, 0.3) is 0 Å². The van der Waals surface area contributed by atoms with Gasteiger partial charge in [-0.3, -0.25) is 4.79 Å². The monoisotopic (exact) mass is 284 g/mol. The Balaban J connectivity index is 2.58. The van der Waals surface area contributed by atoms with E-state index in [1.54, 1.807) is 4.90 Å². The molecule has 0 spiro atoms. The van der Waals surface area contributed by atoms with E-state index < -0.39 is 10.0 Å². The van der Waals surface area contributed by atoms with E-state index >= 15 is 0 Å². The molecule has 1 N–H and O–H groups in total. The third-order valence-electron chi connectivity index (χ3n) is 2.69. The van der Waals surface area contributed by atoms with Crippen LogP contribution in [0.4, 0.5) is 0 Å². The van der Waals surface area contributed by atoms with E-state index in [9.17, 15) is 13.2 Å². The number of amides is 1. The zero-order valence-corrected chi connectivity index (χ0v) is 12.3. The highest BCUT2D eigenvalue weighted by molar-refractivity contribution is 7.88. The molecule has 0 unspecified atom stereocenters. The number of nitrogens with one attached hydrogen (secondary N) is 1. The van der Waals surface area contributed by atoms with Crippen molar-refractivity contribution in [3.8, 4) is 0 Å². The highest BCUT2D eigenvalue weighted by Gasteiger charge is 2.10. The van der Waals surface area contributed by atoms with Gasteiger partial charge >= 0.3 is 0 Å². The molecular weight excluding hydrogens is 264 g/mol. The number of hydrogen-bond acceptors (Lipinski definition) is 3. The van der Waals surface area contributed by atoms with Gasteiger partial charge in [-0.25, -0.2) is 13.1 Å². The van der Waals surface area contributed by atoms with Crippen molar-refractivity contribution < 1.29 is 13.2 Å². The average Bonchev–Trinajstić information content (AvgIpc) is 2.28. The molecule has 1 rings (SSSR count). The maximum atomic E-state index is 11.5. The molecule has 0 heterocycles. The Morgan fingerprint density at radius 1 is 1.26 bits per heavy atom. The second kappa shape index (κ2) is 6.68. The molecule has 0 bridgehead atoms. The number of aryl methyl sites for hydroxylation is 1. The molecular formula is C13H20N2O3S. The lowest BCUT2D eigenvalue weighted by Gasteiger charge is -2.21. The van der Waals surface area contributed by atoms with Crippen LogP contribution in [0, 0.1) is 6.92 Å². The van der Waals surface area contributed by atoms with Crippen molar-refractivity contribution in [3.05, 3.63) is 35.4 Å². The van der Waals surface area contributed by atoms with Gasteiger partial charge in [-0.1, -0.05) is 29.8 Å². The van der Waals surface area contributed by atoms with Crippen LogP contribution in [0.5, 0.6) is 0 Å². The van der Waals surface area contributed by atoms with Gasteiger partial charge in [0.25, 0.3) is 0 Å². The maximum Gasteiger partial charge on any atom is 0.219 e. The molecule has 5 nitrogen and oxygen atoms in total. The van der Waals surface area contributed by atoms with Crippen LogP contribution in [-0.2, 0) is 21.4 Å². The second-order valence-corrected chi connectivity index (χ2v) is 6.43. The summed E-state index contributed by atoms with van der Waals surface area (Å²) in [6.45, 7) is 4.55. The molecule has 1 aromatic rings. The number of nitrogens with zero attached hydrogens (tertiary/aromatic N) is 1. The summed E-state index contributed by atoms with van der Waals surface area (Å²) in [6, 6.07) is 7.91. The number of hydrogen-bond donors (Lipinski definition) is 1. The van der Waals surface area contributed by atoms with Crippen molar-refractivity contribution >= 4 is 15.9 Å². The summed E-state index contributed by atoms with van der Waals surface area (Å²) in [5, 5.41) is 0. The lowest BCUT2D eigenvalue weighted by atomic mass is 10.1. The first-order chi connectivity index (χ1) is 8.78. The van der Waals surface area contributed by atoms with E-state index in [4.69, 9.17) is 0 Å². The molecule has 0 fully saturated rings. The second-order valence-electron chi connectivity index (χ2n) is 4.59. The van der Waals surface area contributed by atoms with E-state index in [0.717, 1.165) is 17.4 Å². The highest BCUT2D eigenvalue weighted by atomic mass is 32.2. The molecule has 0 atom stereocenters. The van der Waals surface area contributed by atoms with Crippen molar-refractivity contribution in [2.75, 3.05) is 19.3 Å². The standard InChI is InChI=1S/C13H20N2O3S/c1-11-4-6-13(7-5-11)10-15(12(2)16)9-8-14-19(3,17)18/h4-7,14H,8-10H2,1-3H3. The summed E-state index contributed by atoms with van der Waals surface area (Å²) in [7, 11) is -3.21. The molecule has 19 heavy (non-hydrogen) atoms. The van der Waals surface area contributed by atoms with Gasteiger partial charge in [-0.15, -0.1) is 0 Å². The first kappa shape index (κ1) is 15.7. The normalized spacial score (nSPS) is 11.3. The molecule has 6 heteroatoms. The Morgan fingerprint density at radius 3 is 2.32 bits per heavy atom. The molecule has 0 aromatic heterocycles. The SMILES string of the molecule is CC(=O)N(CCNS(C)(=O)=O)Cc1ccc(C)cc1. The third-order valence-corrected chi connectivity index (χ3v) is 3.41. The van der Waals surface area contributed by atoms with E-state index in [2.05, 4.69) is 4.72 Å². The molecule has 1 aromatic carbocycles. The van der Waals surface area contributed by atoms with Gasteiger partial charge in [0.05, 0.1) is 6.26 Å². The Labute approximate surface area is 114 Å². The number of carbonyl (C=O) groups is 1. The molecule has 0 saturated heterocycles. The lowest BCUT2D eigenvalue weighted by molar-refractivity contribution is -0.129. The Bertz CT molecular complexity index is 523. The summed E-state index contributed by atoms with van der Waals surface area (Å²) in [4.78, 5) is 13.1. The summed E-state index contributed by atoms with van der Waals surface area (Å²) in [5.41, 5.74) is 2.19. The van der Waals surface area contributed by atoms with Crippen LogP contribution in [-0.4, -0.2) is 38.6 Å².